The van der Waals surface area contributed by atoms with Gasteiger partial charge in [-0.15, -0.1) is 4.33 Å². The summed E-state index contributed by atoms with van der Waals surface area (Å²) in [6, 6.07) is 4.75. The summed E-state index contributed by atoms with van der Waals surface area (Å²) in [7, 11) is -6.55. The molecule has 2 rings (SSSR count). The highest BCUT2D eigenvalue weighted by molar-refractivity contribution is 7.95. The summed E-state index contributed by atoms with van der Waals surface area (Å²) < 4.78 is 112. The van der Waals surface area contributed by atoms with Crippen molar-refractivity contribution in [1.29, 1.82) is 0 Å². The molecule has 1 aromatic rings. The van der Waals surface area contributed by atoms with E-state index in [1.54, 1.807) is 0 Å². The first-order valence-electron chi connectivity index (χ1n) is 8.19. The molecule has 166 valence electrons. The summed E-state index contributed by atoms with van der Waals surface area (Å²) >= 11 is -1.70. The maximum atomic E-state index is 13.8. The van der Waals surface area contributed by atoms with E-state index >= 15 is 0 Å². The van der Waals surface area contributed by atoms with Crippen molar-refractivity contribution in [3.63, 3.8) is 0 Å². The van der Waals surface area contributed by atoms with Gasteiger partial charge in [0.05, 0.1) is 0 Å². The minimum Gasteiger partial charge on any atom is -0.378 e. The van der Waals surface area contributed by atoms with Gasteiger partial charge in [0.15, 0.2) is 0 Å². The van der Waals surface area contributed by atoms with Crippen LogP contribution in [0, 0.1) is 0 Å². The van der Waals surface area contributed by atoms with Crippen LogP contribution < -0.4 is 4.18 Å². The van der Waals surface area contributed by atoms with Gasteiger partial charge in [-0.25, -0.2) is 5.26 Å². The van der Waals surface area contributed by atoms with E-state index in [0.29, 0.717) is 0 Å². The van der Waals surface area contributed by atoms with Crippen molar-refractivity contribution in [3.05, 3.63) is 29.8 Å². The topological polar surface area (TPSA) is 82.1 Å². The van der Waals surface area contributed by atoms with Crippen molar-refractivity contribution >= 4 is 22.2 Å². The highest BCUT2D eigenvalue weighted by Crippen LogP contribution is 2.53. The Morgan fingerprint density at radius 3 is 2.03 bits per heavy atom. The van der Waals surface area contributed by atoms with E-state index in [9.17, 15) is 34.8 Å². The van der Waals surface area contributed by atoms with Crippen LogP contribution in [0.4, 0.5) is 26.3 Å². The highest BCUT2D eigenvalue weighted by atomic mass is 32.2. The molecule has 1 aromatic carbocycles. The van der Waals surface area contributed by atoms with Gasteiger partial charge in [-0.3, -0.25) is 0 Å². The molecule has 29 heavy (non-hydrogen) atoms. The van der Waals surface area contributed by atoms with Gasteiger partial charge in [-0.1, -0.05) is 36.4 Å². The fourth-order valence-corrected chi connectivity index (χ4v) is 4.17. The monoisotopic (exact) mass is 470 g/mol. The predicted molar refractivity (Wildman–Crippen MR) is 89.0 cm³/mol. The Morgan fingerprint density at radius 1 is 0.966 bits per heavy atom. The summed E-state index contributed by atoms with van der Waals surface area (Å²) in [5.74, 6) is -7.04. The van der Waals surface area contributed by atoms with Gasteiger partial charge in [0.2, 0.25) is 0 Å². The second-order valence-corrected chi connectivity index (χ2v) is 8.68. The van der Waals surface area contributed by atoms with Gasteiger partial charge >= 0.3 is 26.5 Å². The zero-order valence-electron chi connectivity index (χ0n) is 14.5. The molecule has 0 amide bonds. The van der Waals surface area contributed by atoms with Crippen LogP contribution in [0.15, 0.2) is 24.3 Å². The zero-order chi connectivity index (χ0) is 21.9. The van der Waals surface area contributed by atoms with Crippen LogP contribution in [-0.4, -0.2) is 30.1 Å². The molecule has 0 unspecified atom stereocenters. The molecular weight excluding hydrogens is 454 g/mol. The summed E-state index contributed by atoms with van der Waals surface area (Å²) in [5, 5.41) is -1.79. The average molecular weight is 470 g/mol. The molecule has 6 nitrogen and oxygen atoms in total. The molecular formula is C15H16F6O6S2. The van der Waals surface area contributed by atoms with Crippen LogP contribution >= 0.6 is 12.0 Å². The number of rotatable bonds is 9. The summed E-state index contributed by atoms with van der Waals surface area (Å²) in [4.78, 5) is 0. The zero-order valence-corrected chi connectivity index (χ0v) is 16.1. The van der Waals surface area contributed by atoms with E-state index in [1.165, 1.54) is 12.1 Å². The number of hydrogen-bond acceptors (Lipinski definition) is 7. The SMILES string of the molecule is O=S(=O)(Oc1ccc(C2CCCCC2)cc1)C(F)(F)C(F)(F)C(F)(F)SOOO. The predicted octanol–water partition coefficient (Wildman–Crippen LogP) is 5.33. The van der Waals surface area contributed by atoms with E-state index < -0.39 is 44.3 Å². The molecule has 1 aliphatic carbocycles. The van der Waals surface area contributed by atoms with Crippen LogP contribution in [0.25, 0.3) is 0 Å². The average Bonchev–Trinajstić information content (AvgIpc) is 2.67. The molecule has 0 radical (unpaired) electrons. The molecule has 0 heterocycles. The second kappa shape index (κ2) is 8.88. The molecule has 1 aliphatic rings. The molecule has 0 atom stereocenters. The molecule has 0 saturated heterocycles. The molecule has 1 saturated carbocycles. The van der Waals surface area contributed by atoms with Crippen LogP contribution in [0.3, 0.4) is 0 Å². The van der Waals surface area contributed by atoms with Gasteiger partial charge < -0.3 is 4.18 Å². The first-order chi connectivity index (χ1) is 13.4. The Morgan fingerprint density at radius 2 is 1.52 bits per heavy atom. The standard InChI is InChI=1S/C15H16F6O6S2/c16-13(17,14(18,19)28-27-26-22)15(20,21)29(23,24)25-12-8-6-11(7-9-12)10-4-2-1-3-5-10/h6-10,22H,1-5H2. The molecule has 0 bridgehead atoms. The van der Waals surface area contributed by atoms with E-state index in [-0.39, 0.29) is 5.92 Å². The fourth-order valence-electron chi connectivity index (χ4n) is 2.85. The first kappa shape index (κ1) is 24.1. The van der Waals surface area contributed by atoms with E-state index in [0.717, 1.165) is 49.8 Å². The third kappa shape index (κ3) is 4.93. The third-order valence-corrected chi connectivity index (χ3v) is 6.27. The summed E-state index contributed by atoms with van der Waals surface area (Å²) in [6.07, 6.45) is 4.84. The van der Waals surface area contributed by atoms with Crippen molar-refractivity contribution in [3.8, 4) is 5.75 Å². The van der Waals surface area contributed by atoms with Crippen molar-refractivity contribution in [1.82, 2.24) is 0 Å². The third-order valence-electron chi connectivity index (χ3n) is 4.38. The molecule has 1 fully saturated rings. The van der Waals surface area contributed by atoms with Crippen LogP contribution in [0.2, 0.25) is 0 Å². The minimum atomic E-state index is -6.55. The minimum absolute atomic E-state index is 0.185. The van der Waals surface area contributed by atoms with Crippen LogP contribution in [0.5, 0.6) is 5.75 Å². The largest absolute Gasteiger partial charge is 0.450 e. The van der Waals surface area contributed by atoms with Gasteiger partial charge in [-0.05, 0) is 36.5 Å². The van der Waals surface area contributed by atoms with Gasteiger partial charge in [0.1, 0.15) is 17.8 Å². The number of hydrogen-bond donors (Lipinski definition) is 1. The molecule has 0 aliphatic heterocycles. The number of halogens is 6. The Balaban J connectivity index is 2.20. The van der Waals surface area contributed by atoms with Crippen LogP contribution in [0.1, 0.15) is 43.6 Å². The second-order valence-electron chi connectivity index (χ2n) is 6.28. The van der Waals surface area contributed by atoms with Crippen LogP contribution in [-0.2, 0) is 19.5 Å². The van der Waals surface area contributed by atoms with Gasteiger partial charge in [0, 0.05) is 0 Å². The normalized spacial score (nSPS) is 17.3. The lowest BCUT2D eigenvalue weighted by atomic mass is 9.84. The smallest absolute Gasteiger partial charge is 0.378 e. The van der Waals surface area contributed by atoms with E-state index in [1.807, 2.05) is 0 Å². The van der Waals surface area contributed by atoms with Crippen molar-refractivity contribution in [2.24, 2.45) is 0 Å². The summed E-state index contributed by atoms with van der Waals surface area (Å²) in [6.45, 7) is 0. The molecule has 0 spiro atoms. The lowest BCUT2D eigenvalue weighted by Gasteiger charge is -2.29. The Labute approximate surface area is 166 Å². The molecule has 14 heteroatoms. The van der Waals surface area contributed by atoms with Crippen molar-refractivity contribution in [2.45, 2.75) is 54.5 Å². The van der Waals surface area contributed by atoms with Crippen molar-refractivity contribution in [2.75, 3.05) is 0 Å². The van der Waals surface area contributed by atoms with E-state index in [2.05, 4.69) is 13.6 Å². The maximum Gasteiger partial charge on any atom is 0.450 e. The van der Waals surface area contributed by atoms with E-state index in [4.69, 9.17) is 5.26 Å². The van der Waals surface area contributed by atoms with Gasteiger partial charge in [-0.2, -0.15) is 34.8 Å². The van der Waals surface area contributed by atoms with Crippen molar-refractivity contribution < 1.29 is 53.6 Å². The molecule has 1 N–H and O–H groups in total. The first-order valence-corrected chi connectivity index (χ1v) is 10.3. The summed E-state index contributed by atoms with van der Waals surface area (Å²) in [5.41, 5.74) is 0.788. The maximum absolute atomic E-state index is 13.8. The number of alkyl halides is 6. The number of benzene rings is 1. The quantitative estimate of drug-likeness (QED) is 0.172. The Kier molecular flexibility index (Phi) is 7.36. The van der Waals surface area contributed by atoms with Gasteiger partial charge in [0.25, 0.3) is 0 Å². The lowest BCUT2D eigenvalue weighted by molar-refractivity contribution is -0.434. The lowest BCUT2D eigenvalue weighted by Crippen LogP contribution is -2.57. The Bertz CT molecular complexity index is 781. The Hall–Kier alpha value is -1.22. The molecule has 0 aromatic heterocycles. The highest BCUT2D eigenvalue weighted by Gasteiger charge is 2.79. The fraction of sp³-hybridized carbons (Fsp3) is 0.600.